The molecule has 0 atom stereocenters. The SMILES string of the molecule is CNc1nc(-c2ccc(F)cc2F)nc(-n2cncn2)n1. The van der Waals surface area contributed by atoms with Crippen molar-refractivity contribution in [3.63, 3.8) is 0 Å². The first-order chi connectivity index (χ1) is 10.2. The number of hydrogen-bond donors (Lipinski definition) is 1. The molecule has 3 aromatic rings. The van der Waals surface area contributed by atoms with E-state index in [0.717, 1.165) is 12.1 Å². The molecule has 1 N–H and O–H groups in total. The van der Waals surface area contributed by atoms with Crippen LogP contribution in [0.2, 0.25) is 0 Å². The minimum atomic E-state index is -0.757. The minimum Gasteiger partial charge on any atom is -0.357 e. The van der Waals surface area contributed by atoms with Gasteiger partial charge in [-0.05, 0) is 12.1 Å². The van der Waals surface area contributed by atoms with Gasteiger partial charge in [0.25, 0.3) is 5.95 Å². The Balaban J connectivity index is 2.16. The normalized spacial score (nSPS) is 10.6. The Hall–Kier alpha value is -2.97. The summed E-state index contributed by atoms with van der Waals surface area (Å²) in [6.07, 6.45) is 2.72. The van der Waals surface area contributed by atoms with Crippen LogP contribution in [0.5, 0.6) is 0 Å². The van der Waals surface area contributed by atoms with Gasteiger partial charge in [-0.15, -0.1) is 0 Å². The summed E-state index contributed by atoms with van der Waals surface area (Å²) in [4.78, 5) is 16.1. The van der Waals surface area contributed by atoms with Crippen molar-refractivity contribution >= 4 is 5.95 Å². The van der Waals surface area contributed by atoms with Gasteiger partial charge in [-0.2, -0.15) is 24.7 Å². The lowest BCUT2D eigenvalue weighted by molar-refractivity contribution is 0.584. The molecule has 0 bridgehead atoms. The first-order valence-electron chi connectivity index (χ1n) is 5.91. The largest absolute Gasteiger partial charge is 0.357 e. The van der Waals surface area contributed by atoms with Crippen LogP contribution < -0.4 is 5.32 Å². The maximum atomic E-state index is 13.9. The number of aromatic nitrogens is 6. The smallest absolute Gasteiger partial charge is 0.257 e. The average Bonchev–Trinajstić information content (AvgIpc) is 3.01. The Kier molecular flexibility index (Phi) is 3.22. The third-order valence-electron chi connectivity index (χ3n) is 2.64. The van der Waals surface area contributed by atoms with Crippen LogP contribution in [0.25, 0.3) is 17.3 Å². The third kappa shape index (κ3) is 2.53. The molecular formula is C12H9F2N7. The Morgan fingerprint density at radius 2 is 2.00 bits per heavy atom. The predicted octanol–water partition coefficient (Wildman–Crippen LogP) is 1.44. The number of rotatable bonds is 3. The Morgan fingerprint density at radius 1 is 1.14 bits per heavy atom. The first-order valence-corrected chi connectivity index (χ1v) is 5.91. The highest BCUT2D eigenvalue weighted by Crippen LogP contribution is 2.21. The van der Waals surface area contributed by atoms with Gasteiger partial charge in [-0.1, -0.05) is 0 Å². The van der Waals surface area contributed by atoms with Gasteiger partial charge in [-0.3, -0.25) is 0 Å². The maximum Gasteiger partial charge on any atom is 0.257 e. The molecule has 0 fully saturated rings. The highest BCUT2D eigenvalue weighted by molar-refractivity contribution is 5.57. The molecular weight excluding hydrogens is 280 g/mol. The molecule has 106 valence electrons. The Morgan fingerprint density at radius 3 is 2.67 bits per heavy atom. The van der Waals surface area contributed by atoms with E-state index in [2.05, 4.69) is 30.4 Å². The summed E-state index contributed by atoms with van der Waals surface area (Å²) in [6, 6.07) is 3.17. The van der Waals surface area contributed by atoms with Crippen LogP contribution in [0.3, 0.4) is 0 Å². The van der Waals surface area contributed by atoms with Gasteiger partial charge >= 0.3 is 0 Å². The van der Waals surface area contributed by atoms with Gasteiger partial charge in [0.15, 0.2) is 5.82 Å². The topological polar surface area (TPSA) is 81.4 Å². The molecule has 0 radical (unpaired) electrons. The Bertz CT molecular complexity index is 773. The van der Waals surface area contributed by atoms with E-state index in [4.69, 9.17) is 0 Å². The fraction of sp³-hybridized carbons (Fsp3) is 0.0833. The molecule has 21 heavy (non-hydrogen) atoms. The second-order valence-electron chi connectivity index (χ2n) is 4.00. The van der Waals surface area contributed by atoms with E-state index in [9.17, 15) is 8.78 Å². The van der Waals surface area contributed by atoms with Gasteiger partial charge in [0, 0.05) is 13.1 Å². The summed E-state index contributed by atoms with van der Waals surface area (Å²) in [7, 11) is 1.62. The zero-order chi connectivity index (χ0) is 14.8. The number of nitrogens with one attached hydrogen (secondary N) is 1. The van der Waals surface area contributed by atoms with Crippen molar-refractivity contribution in [3.8, 4) is 17.3 Å². The fourth-order valence-corrected chi connectivity index (χ4v) is 1.68. The van der Waals surface area contributed by atoms with Crippen molar-refractivity contribution in [1.29, 1.82) is 0 Å². The highest BCUT2D eigenvalue weighted by atomic mass is 19.1. The molecule has 0 unspecified atom stereocenters. The van der Waals surface area contributed by atoms with Crippen molar-refractivity contribution in [2.75, 3.05) is 12.4 Å². The van der Waals surface area contributed by atoms with E-state index in [-0.39, 0.29) is 23.3 Å². The lowest BCUT2D eigenvalue weighted by atomic mass is 10.2. The molecule has 0 spiro atoms. The quantitative estimate of drug-likeness (QED) is 0.785. The van der Waals surface area contributed by atoms with Crippen molar-refractivity contribution in [2.24, 2.45) is 0 Å². The molecule has 2 heterocycles. The molecule has 0 aliphatic rings. The van der Waals surface area contributed by atoms with Gasteiger partial charge < -0.3 is 5.32 Å². The van der Waals surface area contributed by atoms with Crippen LogP contribution in [-0.4, -0.2) is 36.8 Å². The number of halogens is 2. The fourth-order valence-electron chi connectivity index (χ4n) is 1.68. The number of nitrogens with zero attached hydrogens (tertiary/aromatic N) is 6. The van der Waals surface area contributed by atoms with Crippen molar-refractivity contribution in [3.05, 3.63) is 42.5 Å². The number of anilines is 1. The van der Waals surface area contributed by atoms with Crippen LogP contribution in [0.1, 0.15) is 0 Å². The molecule has 7 nitrogen and oxygen atoms in total. The van der Waals surface area contributed by atoms with Gasteiger partial charge in [0.05, 0.1) is 5.56 Å². The lowest BCUT2D eigenvalue weighted by Gasteiger charge is -2.07. The summed E-state index contributed by atoms with van der Waals surface area (Å²) in [5.74, 6) is -0.958. The van der Waals surface area contributed by atoms with E-state index in [1.807, 2.05) is 0 Å². The van der Waals surface area contributed by atoms with Crippen LogP contribution >= 0.6 is 0 Å². The van der Waals surface area contributed by atoms with Gasteiger partial charge in [-0.25, -0.2) is 13.8 Å². The van der Waals surface area contributed by atoms with E-state index < -0.39 is 11.6 Å². The van der Waals surface area contributed by atoms with Crippen molar-refractivity contribution in [2.45, 2.75) is 0 Å². The summed E-state index contributed by atoms with van der Waals surface area (Å²) in [6.45, 7) is 0. The second-order valence-corrected chi connectivity index (χ2v) is 4.00. The molecule has 0 aliphatic heterocycles. The zero-order valence-corrected chi connectivity index (χ0v) is 10.8. The summed E-state index contributed by atoms with van der Waals surface area (Å²) < 4.78 is 28.1. The predicted molar refractivity (Wildman–Crippen MR) is 69.6 cm³/mol. The second kappa shape index (κ2) is 5.19. The monoisotopic (exact) mass is 289 g/mol. The van der Waals surface area contributed by atoms with Crippen LogP contribution in [0, 0.1) is 11.6 Å². The Labute approximate surface area is 117 Å². The molecule has 9 heteroatoms. The standard InChI is InChI=1S/C12H9F2N7/c1-15-11-18-10(8-3-2-7(13)4-9(8)14)19-12(20-11)21-6-16-5-17-21/h2-6H,1H3,(H,15,18,19,20). The molecule has 3 rings (SSSR count). The molecule has 0 saturated heterocycles. The van der Waals surface area contributed by atoms with Crippen molar-refractivity contribution < 1.29 is 8.78 Å². The molecule has 0 aliphatic carbocycles. The summed E-state index contributed by atoms with van der Waals surface area (Å²) >= 11 is 0. The molecule has 1 aromatic carbocycles. The van der Waals surface area contributed by atoms with E-state index in [0.29, 0.717) is 0 Å². The first kappa shape index (κ1) is 13.0. The van der Waals surface area contributed by atoms with E-state index in [1.165, 1.54) is 23.4 Å². The van der Waals surface area contributed by atoms with Crippen LogP contribution in [-0.2, 0) is 0 Å². The number of hydrogen-bond acceptors (Lipinski definition) is 6. The summed E-state index contributed by atoms with van der Waals surface area (Å²) in [5.41, 5.74) is 0.0664. The minimum absolute atomic E-state index is 0.0664. The lowest BCUT2D eigenvalue weighted by Crippen LogP contribution is -2.08. The maximum absolute atomic E-state index is 13.9. The molecule has 0 saturated carbocycles. The highest BCUT2D eigenvalue weighted by Gasteiger charge is 2.14. The van der Waals surface area contributed by atoms with Crippen LogP contribution in [0.15, 0.2) is 30.9 Å². The van der Waals surface area contributed by atoms with E-state index in [1.54, 1.807) is 7.05 Å². The third-order valence-corrected chi connectivity index (χ3v) is 2.64. The van der Waals surface area contributed by atoms with Crippen LogP contribution in [0.4, 0.5) is 14.7 Å². The van der Waals surface area contributed by atoms with E-state index >= 15 is 0 Å². The number of benzene rings is 1. The zero-order valence-electron chi connectivity index (χ0n) is 10.8. The summed E-state index contributed by atoms with van der Waals surface area (Å²) in [5, 5.41) is 6.65. The molecule has 2 aromatic heterocycles. The van der Waals surface area contributed by atoms with Gasteiger partial charge in [0.2, 0.25) is 5.95 Å². The average molecular weight is 289 g/mol. The molecule has 0 amide bonds. The van der Waals surface area contributed by atoms with Crippen molar-refractivity contribution in [1.82, 2.24) is 29.7 Å². The van der Waals surface area contributed by atoms with Gasteiger partial charge in [0.1, 0.15) is 24.3 Å².